The van der Waals surface area contributed by atoms with Gasteiger partial charge in [-0.25, -0.2) is 0 Å². The van der Waals surface area contributed by atoms with Gasteiger partial charge in [-0.05, 0) is 18.6 Å². The number of nitrogens with zero attached hydrogens (tertiary/aromatic N) is 2. The second-order valence-electron chi connectivity index (χ2n) is 6.29. The van der Waals surface area contributed by atoms with Crippen LogP contribution in [0.5, 0.6) is 0 Å². The number of rotatable bonds is 2. The molecule has 0 amide bonds. The number of carbonyl (C=O) groups is 1. The molecule has 0 fully saturated rings. The SMILES string of the molecule is CC(C(=O)O)N1CCc2nc(C(C)(C)C)ccc2C1. The summed E-state index contributed by atoms with van der Waals surface area (Å²) in [4.78, 5) is 17.8. The summed E-state index contributed by atoms with van der Waals surface area (Å²) in [6.07, 6.45) is 0.830. The van der Waals surface area contributed by atoms with Crippen LogP contribution < -0.4 is 0 Å². The normalized spacial score (nSPS) is 17.9. The zero-order valence-electron chi connectivity index (χ0n) is 12.1. The predicted octanol–water partition coefficient (Wildman–Crippen LogP) is 2.21. The van der Waals surface area contributed by atoms with Crippen molar-refractivity contribution in [2.45, 2.75) is 52.1 Å². The van der Waals surface area contributed by atoms with Crippen molar-refractivity contribution >= 4 is 5.97 Å². The van der Waals surface area contributed by atoms with Gasteiger partial charge in [0.05, 0.1) is 0 Å². The lowest BCUT2D eigenvalue weighted by atomic mass is 9.90. The Labute approximate surface area is 114 Å². The maximum Gasteiger partial charge on any atom is 0.320 e. The van der Waals surface area contributed by atoms with Gasteiger partial charge in [-0.15, -0.1) is 0 Å². The Balaban J connectivity index is 2.22. The number of carboxylic acids is 1. The van der Waals surface area contributed by atoms with Gasteiger partial charge in [0.15, 0.2) is 0 Å². The number of hydrogen-bond acceptors (Lipinski definition) is 3. The van der Waals surface area contributed by atoms with E-state index in [1.165, 1.54) is 0 Å². The molecule has 19 heavy (non-hydrogen) atoms. The Morgan fingerprint density at radius 1 is 1.42 bits per heavy atom. The highest BCUT2D eigenvalue weighted by atomic mass is 16.4. The van der Waals surface area contributed by atoms with E-state index in [9.17, 15) is 4.79 Å². The van der Waals surface area contributed by atoms with Crippen molar-refractivity contribution in [3.8, 4) is 0 Å². The highest BCUT2D eigenvalue weighted by Gasteiger charge is 2.26. The summed E-state index contributed by atoms with van der Waals surface area (Å²) in [7, 11) is 0. The zero-order chi connectivity index (χ0) is 14.2. The topological polar surface area (TPSA) is 53.4 Å². The molecule has 1 unspecified atom stereocenters. The van der Waals surface area contributed by atoms with Crippen LogP contribution in [0.25, 0.3) is 0 Å². The molecule has 0 saturated carbocycles. The number of aromatic nitrogens is 1. The molecule has 0 spiro atoms. The average Bonchev–Trinajstić information content (AvgIpc) is 2.35. The third-order valence-corrected chi connectivity index (χ3v) is 3.75. The molecule has 1 aromatic heterocycles. The van der Waals surface area contributed by atoms with Crippen LogP contribution in [0.15, 0.2) is 12.1 Å². The average molecular weight is 262 g/mol. The Morgan fingerprint density at radius 2 is 2.11 bits per heavy atom. The molecule has 1 N–H and O–H groups in total. The largest absolute Gasteiger partial charge is 0.480 e. The standard InChI is InChI=1S/C15H22N2O2/c1-10(14(18)19)17-8-7-12-11(9-17)5-6-13(16-12)15(2,3)4/h5-6,10H,7-9H2,1-4H3,(H,18,19). The number of hydrogen-bond donors (Lipinski definition) is 1. The van der Waals surface area contributed by atoms with E-state index in [0.29, 0.717) is 6.54 Å². The Morgan fingerprint density at radius 3 is 2.68 bits per heavy atom. The molecule has 0 radical (unpaired) electrons. The van der Waals surface area contributed by atoms with E-state index >= 15 is 0 Å². The van der Waals surface area contributed by atoms with Gasteiger partial charge in [-0.3, -0.25) is 14.7 Å². The van der Waals surface area contributed by atoms with E-state index in [2.05, 4.69) is 32.9 Å². The van der Waals surface area contributed by atoms with E-state index in [1.54, 1.807) is 6.92 Å². The summed E-state index contributed by atoms with van der Waals surface area (Å²) in [6.45, 7) is 9.65. The number of pyridine rings is 1. The molecule has 2 rings (SSSR count). The molecule has 4 heteroatoms. The Kier molecular flexibility index (Phi) is 3.63. The van der Waals surface area contributed by atoms with Gasteiger partial charge in [0.25, 0.3) is 0 Å². The lowest BCUT2D eigenvalue weighted by Gasteiger charge is -2.32. The smallest absolute Gasteiger partial charge is 0.320 e. The van der Waals surface area contributed by atoms with Crippen molar-refractivity contribution in [2.24, 2.45) is 0 Å². The maximum absolute atomic E-state index is 11.0. The molecule has 1 aliphatic rings. The fourth-order valence-electron chi connectivity index (χ4n) is 2.34. The van der Waals surface area contributed by atoms with Gasteiger partial charge in [0.1, 0.15) is 6.04 Å². The van der Waals surface area contributed by atoms with Crippen LogP contribution in [-0.4, -0.2) is 33.5 Å². The van der Waals surface area contributed by atoms with E-state index < -0.39 is 12.0 Å². The molecular formula is C15H22N2O2. The highest BCUT2D eigenvalue weighted by Crippen LogP contribution is 2.25. The van der Waals surface area contributed by atoms with Crippen LogP contribution in [0.4, 0.5) is 0 Å². The van der Waals surface area contributed by atoms with E-state index in [-0.39, 0.29) is 5.41 Å². The van der Waals surface area contributed by atoms with Gasteiger partial charge in [-0.1, -0.05) is 26.8 Å². The van der Waals surface area contributed by atoms with Crippen LogP contribution in [-0.2, 0) is 23.2 Å². The summed E-state index contributed by atoms with van der Waals surface area (Å²) < 4.78 is 0. The van der Waals surface area contributed by atoms with Gasteiger partial charge in [-0.2, -0.15) is 0 Å². The first kappa shape index (κ1) is 14.0. The monoisotopic (exact) mass is 262 g/mol. The van der Waals surface area contributed by atoms with Gasteiger partial charge < -0.3 is 5.11 Å². The highest BCUT2D eigenvalue weighted by molar-refractivity contribution is 5.72. The molecule has 0 aromatic carbocycles. The summed E-state index contributed by atoms with van der Waals surface area (Å²) >= 11 is 0. The molecule has 1 aliphatic heterocycles. The Hall–Kier alpha value is -1.42. The summed E-state index contributed by atoms with van der Waals surface area (Å²) in [6, 6.07) is 3.73. The summed E-state index contributed by atoms with van der Waals surface area (Å²) in [5.41, 5.74) is 3.44. The molecule has 1 atom stereocenters. The summed E-state index contributed by atoms with van der Waals surface area (Å²) in [5, 5.41) is 9.08. The first-order chi connectivity index (χ1) is 8.79. The Bertz CT molecular complexity index is 491. The number of aliphatic carboxylic acids is 1. The summed E-state index contributed by atoms with van der Waals surface area (Å²) in [5.74, 6) is -0.761. The maximum atomic E-state index is 11.0. The molecular weight excluding hydrogens is 240 g/mol. The van der Waals surface area contributed by atoms with Crippen molar-refractivity contribution in [1.29, 1.82) is 0 Å². The molecule has 0 aliphatic carbocycles. The second-order valence-corrected chi connectivity index (χ2v) is 6.29. The van der Waals surface area contributed by atoms with E-state index in [4.69, 9.17) is 10.1 Å². The third kappa shape index (κ3) is 2.95. The molecule has 4 nitrogen and oxygen atoms in total. The van der Waals surface area contributed by atoms with Crippen LogP contribution in [0.3, 0.4) is 0 Å². The fraction of sp³-hybridized carbons (Fsp3) is 0.600. The van der Waals surface area contributed by atoms with Crippen LogP contribution in [0, 0.1) is 0 Å². The van der Waals surface area contributed by atoms with Crippen molar-refractivity contribution in [1.82, 2.24) is 9.88 Å². The lowest BCUT2D eigenvalue weighted by molar-refractivity contribution is -0.143. The molecule has 0 bridgehead atoms. The lowest BCUT2D eigenvalue weighted by Crippen LogP contribution is -2.42. The van der Waals surface area contributed by atoms with Gasteiger partial charge in [0, 0.05) is 36.3 Å². The van der Waals surface area contributed by atoms with Crippen LogP contribution >= 0.6 is 0 Å². The minimum atomic E-state index is -0.761. The first-order valence-corrected chi connectivity index (χ1v) is 6.75. The van der Waals surface area contributed by atoms with E-state index in [0.717, 1.165) is 29.9 Å². The van der Waals surface area contributed by atoms with Crippen molar-refractivity contribution in [3.05, 3.63) is 29.1 Å². The predicted molar refractivity (Wildman–Crippen MR) is 74.1 cm³/mol. The van der Waals surface area contributed by atoms with Crippen molar-refractivity contribution < 1.29 is 9.90 Å². The molecule has 104 valence electrons. The van der Waals surface area contributed by atoms with Crippen LogP contribution in [0.2, 0.25) is 0 Å². The minimum Gasteiger partial charge on any atom is -0.480 e. The first-order valence-electron chi connectivity index (χ1n) is 6.75. The van der Waals surface area contributed by atoms with E-state index in [1.807, 2.05) is 4.90 Å². The zero-order valence-corrected chi connectivity index (χ0v) is 12.1. The molecule has 1 aromatic rings. The molecule has 2 heterocycles. The quantitative estimate of drug-likeness (QED) is 0.888. The van der Waals surface area contributed by atoms with Crippen LogP contribution in [0.1, 0.15) is 44.6 Å². The second kappa shape index (κ2) is 4.93. The van der Waals surface area contributed by atoms with Crippen molar-refractivity contribution in [2.75, 3.05) is 6.54 Å². The third-order valence-electron chi connectivity index (χ3n) is 3.75. The van der Waals surface area contributed by atoms with Gasteiger partial charge in [0.2, 0.25) is 0 Å². The van der Waals surface area contributed by atoms with Crippen molar-refractivity contribution in [3.63, 3.8) is 0 Å². The van der Waals surface area contributed by atoms with Gasteiger partial charge >= 0.3 is 5.97 Å². The minimum absolute atomic E-state index is 0.0561. The number of carboxylic acid groups (broad SMARTS) is 1. The fourth-order valence-corrected chi connectivity index (χ4v) is 2.34. The number of fused-ring (bicyclic) bond motifs is 1. The molecule has 0 saturated heterocycles.